The number of rotatable bonds is 8. The molecule has 1 aliphatic heterocycles. The molecule has 3 aromatic rings. The third-order valence-corrected chi connectivity index (χ3v) is 6.70. The van der Waals surface area contributed by atoms with Crippen LogP contribution in [0.3, 0.4) is 0 Å². The average molecular weight is 467 g/mol. The van der Waals surface area contributed by atoms with Crippen LogP contribution in [0.5, 0.6) is 5.75 Å². The number of hydrogen-bond donors (Lipinski definition) is 1. The molecule has 1 saturated carbocycles. The van der Waals surface area contributed by atoms with Crippen LogP contribution in [0.1, 0.15) is 24.8 Å². The molecule has 2 fully saturated rings. The Morgan fingerprint density at radius 3 is 2.85 bits per heavy atom. The van der Waals surface area contributed by atoms with Gasteiger partial charge in [0, 0.05) is 47.8 Å². The summed E-state index contributed by atoms with van der Waals surface area (Å²) in [6, 6.07) is 9.48. The summed E-state index contributed by atoms with van der Waals surface area (Å²) in [5.74, 6) is 0.647. The van der Waals surface area contributed by atoms with Crippen LogP contribution in [-0.2, 0) is 11.2 Å². The molecule has 0 spiro atoms. The lowest BCUT2D eigenvalue weighted by atomic mass is 10.0. The molecule has 1 aliphatic carbocycles. The van der Waals surface area contributed by atoms with Gasteiger partial charge >= 0.3 is 0 Å². The summed E-state index contributed by atoms with van der Waals surface area (Å²) < 4.78 is 19.0. The van der Waals surface area contributed by atoms with Crippen molar-refractivity contribution in [3.63, 3.8) is 0 Å². The molecular weight excluding hydrogens is 443 g/mol. The Bertz CT molecular complexity index is 1240. The first kappa shape index (κ1) is 21.8. The van der Waals surface area contributed by atoms with E-state index < -0.39 is 5.82 Å². The number of allylic oxidation sites excluding steroid dienone is 1. The van der Waals surface area contributed by atoms with E-state index in [1.54, 1.807) is 25.3 Å². The fourth-order valence-corrected chi connectivity index (χ4v) is 4.92. The predicted molar refractivity (Wildman–Crippen MR) is 127 cm³/mol. The van der Waals surface area contributed by atoms with Gasteiger partial charge < -0.3 is 10.1 Å². The Morgan fingerprint density at radius 1 is 1.27 bits per heavy atom. The second-order valence-electron chi connectivity index (χ2n) is 8.47. The topological polar surface area (TPSA) is 67.1 Å². The van der Waals surface area contributed by atoms with Crippen molar-refractivity contribution in [3.8, 4) is 5.75 Å². The Labute approximate surface area is 196 Å². The molecule has 1 saturated heterocycles. The van der Waals surface area contributed by atoms with Crippen molar-refractivity contribution in [2.45, 2.75) is 37.8 Å². The minimum absolute atomic E-state index is 0.0105. The van der Waals surface area contributed by atoms with E-state index in [2.05, 4.69) is 20.2 Å². The van der Waals surface area contributed by atoms with E-state index in [9.17, 15) is 9.18 Å². The number of methoxy groups -OCH3 is 1. The zero-order chi connectivity index (χ0) is 22.9. The SMILES string of the molecule is COc1cc2ncnc(Nc3ccc(F)c(Cl)c3)c2cc1CC(=O)/C=C/CN1C2CCCC21. The number of likely N-dealkylation sites (tertiary alicyclic amines) is 1. The van der Waals surface area contributed by atoms with Gasteiger partial charge in [0.25, 0.3) is 0 Å². The van der Waals surface area contributed by atoms with E-state index >= 15 is 0 Å². The number of piperidine rings is 1. The lowest BCUT2D eigenvalue weighted by Gasteiger charge is -2.13. The van der Waals surface area contributed by atoms with Crippen LogP contribution in [0, 0.1) is 5.82 Å². The Morgan fingerprint density at radius 2 is 2.09 bits per heavy atom. The second kappa shape index (κ2) is 9.08. The lowest BCUT2D eigenvalue weighted by molar-refractivity contribution is -0.114. The van der Waals surface area contributed by atoms with Crippen LogP contribution in [0.25, 0.3) is 10.9 Å². The first-order chi connectivity index (χ1) is 16.0. The highest BCUT2D eigenvalue weighted by molar-refractivity contribution is 6.31. The zero-order valence-electron chi connectivity index (χ0n) is 18.2. The average Bonchev–Trinajstić information content (AvgIpc) is 3.22. The number of benzene rings is 2. The molecule has 0 amide bonds. The summed E-state index contributed by atoms with van der Waals surface area (Å²) in [7, 11) is 1.57. The highest BCUT2D eigenvalue weighted by Gasteiger charge is 2.49. The summed E-state index contributed by atoms with van der Waals surface area (Å²) in [5, 5.41) is 3.90. The maximum atomic E-state index is 13.5. The van der Waals surface area contributed by atoms with E-state index in [-0.39, 0.29) is 17.2 Å². The molecule has 0 radical (unpaired) electrons. The van der Waals surface area contributed by atoms with Gasteiger partial charge in [-0.1, -0.05) is 24.1 Å². The van der Waals surface area contributed by atoms with E-state index in [0.717, 1.165) is 29.6 Å². The van der Waals surface area contributed by atoms with Gasteiger partial charge in [0.1, 0.15) is 23.7 Å². The van der Waals surface area contributed by atoms with Gasteiger partial charge in [0.2, 0.25) is 0 Å². The van der Waals surface area contributed by atoms with Gasteiger partial charge in [-0.25, -0.2) is 14.4 Å². The first-order valence-corrected chi connectivity index (χ1v) is 11.4. The zero-order valence-corrected chi connectivity index (χ0v) is 19.0. The third kappa shape index (κ3) is 4.56. The van der Waals surface area contributed by atoms with Gasteiger partial charge in [0.15, 0.2) is 5.78 Å². The quantitative estimate of drug-likeness (QED) is 0.369. The van der Waals surface area contributed by atoms with Gasteiger partial charge in [-0.15, -0.1) is 0 Å². The summed E-state index contributed by atoms with van der Waals surface area (Å²) in [4.78, 5) is 23.8. The molecule has 1 N–H and O–H groups in total. The van der Waals surface area contributed by atoms with Crippen molar-refractivity contribution < 1.29 is 13.9 Å². The standard InChI is InChI=1S/C25H24ClFN4O2/c1-33-24-13-21-18(25(29-14-28-21)30-16-7-8-20(27)19(26)12-16)11-15(24)10-17(32)4-3-9-31-22-5-2-6-23(22)31/h3-4,7-8,11-14,22-23H,2,5-6,9-10H2,1H3,(H,28,29,30)/b4-3+. The largest absolute Gasteiger partial charge is 0.496 e. The highest BCUT2D eigenvalue weighted by Crippen LogP contribution is 2.41. The molecule has 6 nitrogen and oxygen atoms in total. The molecular formula is C25H24ClFN4O2. The van der Waals surface area contributed by atoms with Crippen LogP contribution in [0.15, 0.2) is 48.8 Å². The van der Waals surface area contributed by atoms with Crippen molar-refractivity contribution in [1.82, 2.24) is 14.9 Å². The van der Waals surface area contributed by atoms with E-state index in [4.69, 9.17) is 16.3 Å². The van der Waals surface area contributed by atoms with Gasteiger partial charge in [-0.3, -0.25) is 9.69 Å². The highest BCUT2D eigenvalue weighted by atomic mass is 35.5. The molecule has 2 atom stereocenters. The first-order valence-electron chi connectivity index (χ1n) is 11.0. The van der Waals surface area contributed by atoms with Crippen LogP contribution < -0.4 is 10.1 Å². The van der Waals surface area contributed by atoms with Crippen molar-refractivity contribution in [3.05, 3.63) is 65.2 Å². The predicted octanol–water partition coefficient (Wildman–Crippen LogP) is 5.08. The lowest BCUT2D eigenvalue weighted by Crippen LogP contribution is -2.07. The van der Waals surface area contributed by atoms with Crippen molar-refractivity contribution in [1.29, 1.82) is 0 Å². The molecule has 8 heteroatoms. The molecule has 2 unspecified atom stereocenters. The van der Waals surface area contributed by atoms with Crippen LogP contribution in [0.4, 0.5) is 15.9 Å². The maximum Gasteiger partial charge on any atom is 0.159 e. The number of aromatic nitrogens is 2. The molecule has 2 aromatic carbocycles. The maximum absolute atomic E-state index is 13.5. The Balaban J connectivity index is 1.35. The molecule has 170 valence electrons. The number of carbonyl (C=O) groups is 1. The molecule has 0 bridgehead atoms. The third-order valence-electron chi connectivity index (χ3n) is 6.41. The monoisotopic (exact) mass is 466 g/mol. The Kier molecular flexibility index (Phi) is 6.00. The van der Waals surface area contributed by atoms with Crippen LogP contribution >= 0.6 is 11.6 Å². The molecule has 5 rings (SSSR count). The number of fused-ring (bicyclic) bond motifs is 2. The number of nitrogens with zero attached hydrogens (tertiary/aromatic N) is 3. The molecule has 2 heterocycles. The minimum atomic E-state index is -0.491. The number of carbonyl (C=O) groups excluding carboxylic acids is 1. The minimum Gasteiger partial charge on any atom is -0.496 e. The van der Waals surface area contributed by atoms with Crippen molar-refractivity contribution in [2.24, 2.45) is 0 Å². The van der Waals surface area contributed by atoms with Gasteiger partial charge in [-0.2, -0.15) is 0 Å². The molecule has 2 aliphatic rings. The van der Waals surface area contributed by atoms with Gasteiger partial charge in [0.05, 0.1) is 17.6 Å². The summed E-state index contributed by atoms with van der Waals surface area (Å²) >= 11 is 5.90. The number of anilines is 2. The van der Waals surface area contributed by atoms with E-state index in [0.29, 0.717) is 22.8 Å². The van der Waals surface area contributed by atoms with Gasteiger partial charge in [-0.05, 0) is 43.2 Å². The molecule has 1 aromatic heterocycles. The fraction of sp³-hybridized carbons (Fsp3) is 0.320. The number of hydrogen-bond acceptors (Lipinski definition) is 6. The van der Waals surface area contributed by atoms with Crippen LogP contribution in [0.2, 0.25) is 5.02 Å². The normalized spacial score (nSPS) is 21.4. The second-order valence-corrected chi connectivity index (χ2v) is 8.87. The number of ketones is 1. The number of nitrogens with one attached hydrogen (secondary N) is 1. The van der Waals surface area contributed by atoms with E-state index in [1.807, 2.05) is 12.1 Å². The van der Waals surface area contributed by atoms with Crippen molar-refractivity contribution in [2.75, 3.05) is 19.0 Å². The van der Waals surface area contributed by atoms with Crippen molar-refractivity contribution >= 4 is 39.8 Å². The molecule has 33 heavy (non-hydrogen) atoms. The number of ether oxygens (including phenoxy) is 1. The Hall–Kier alpha value is -3.03. The smallest absolute Gasteiger partial charge is 0.159 e. The fourth-order valence-electron chi connectivity index (χ4n) is 4.74. The summed E-state index contributed by atoms with van der Waals surface area (Å²) in [5.41, 5.74) is 2.01. The summed E-state index contributed by atoms with van der Waals surface area (Å²) in [6.07, 6.45) is 9.16. The van der Waals surface area contributed by atoms with E-state index in [1.165, 1.54) is 37.7 Å². The summed E-state index contributed by atoms with van der Waals surface area (Å²) in [6.45, 7) is 0.831. The number of halogens is 2. The van der Waals surface area contributed by atoms with Crippen LogP contribution in [-0.4, -0.2) is 46.4 Å².